The quantitative estimate of drug-likeness (QED) is 0.458. The van der Waals surface area contributed by atoms with Gasteiger partial charge in [-0.15, -0.1) is 5.10 Å². The average molecular weight is 496 g/mol. The van der Waals surface area contributed by atoms with Gasteiger partial charge in [-0.05, 0) is 37.3 Å². The number of aromatic nitrogens is 4. The van der Waals surface area contributed by atoms with Crippen molar-refractivity contribution in [3.05, 3.63) is 81.7 Å². The first-order valence-corrected chi connectivity index (χ1v) is 11.5. The molecule has 0 spiro atoms. The second kappa shape index (κ2) is 9.38. The largest absolute Gasteiger partial charge is 0.368 e. The van der Waals surface area contributed by atoms with Crippen LogP contribution in [0, 0.1) is 12.7 Å². The van der Waals surface area contributed by atoms with E-state index in [1.165, 1.54) is 34.0 Å². The molecule has 0 aliphatic carbocycles. The van der Waals surface area contributed by atoms with E-state index in [1.54, 1.807) is 6.20 Å². The molecule has 1 N–H and O–H groups in total. The lowest BCUT2D eigenvalue weighted by Gasteiger charge is -2.36. The van der Waals surface area contributed by atoms with Crippen LogP contribution in [0.15, 0.2) is 59.7 Å². The van der Waals surface area contributed by atoms with Crippen molar-refractivity contribution >= 4 is 40.3 Å². The molecule has 2 aromatic carbocycles. The molecule has 1 saturated heterocycles. The molecule has 0 radical (unpaired) electrons. The Balaban J connectivity index is 1.32. The van der Waals surface area contributed by atoms with Crippen LogP contribution in [-0.4, -0.2) is 51.3 Å². The number of amides is 1. The maximum Gasteiger partial charge on any atom is 0.350 e. The molecule has 5 rings (SSSR count). The number of nitrogens with one attached hydrogen (secondary N) is 1. The third-order valence-corrected chi connectivity index (χ3v) is 6.20. The number of carbonyl (C=O) groups is 1. The minimum absolute atomic E-state index is 0.0231. The normalized spacial score (nSPS) is 13.9. The summed E-state index contributed by atoms with van der Waals surface area (Å²) in [4.78, 5) is 34.2. The molecule has 11 heteroatoms. The van der Waals surface area contributed by atoms with Crippen LogP contribution in [0.1, 0.15) is 5.56 Å². The van der Waals surface area contributed by atoms with Crippen LogP contribution >= 0.6 is 11.6 Å². The van der Waals surface area contributed by atoms with E-state index in [9.17, 15) is 14.0 Å². The van der Waals surface area contributed by atoms with Crippen LogP contribution in [0.2, 0.25) is 5.02 Å². The van der Waals surface area contributed by atoms with Crippen molar-refractivity contribution < 1.29 is 9.18 Å². The fourth-order valence-electron chi connectivity index (χ4n) is 4.11. The van der Waals surface area contributed by atoms with Gasteiger partial charge in [-0.1, -0.05) is 29.3 Å². The van der Waals surface area contributed by atoms with Gasteiger partial charge in [0.2, 0.25) is 11.6 Å². The summed E-state index contributed by atoms with van der Waals surface area (Å²) < 4.78 is 16.4. The van der Waals surface area contributed by atoms with E-state index in [-0.39, 0.29) is 17.3 Å². The molecule has 35 heavy (non-hydrogen) atoms. The van der Waals surface area contributed by atoms with Gasteiger partial charge in [0.25, 0.3) is 0 Å². The van der Waals surface area contributed by atoms with E-state index in [0.29, 0.717) is 24.6 Å². The van der Waals surface area contributed by atoms with Crippen molar-refractivity contribution in [2.24, 2.45) is 0 Å². The number of carbonyl (C=O) groups excluding carboxylic acids is 1. The zero-order chi connectivity index (χ0) is 24.5. The van der Waals surface area contributed by atoms with E-state index < -0.39 is 17.4 Å². The van der Waals surface area contributed by atoms with E-state index in [2.05, 4.69) is 56.4 Å². The predicted octanol–water partition coefficient (Wildman–Crippen LogP) is 2.96. The number of fused-ring (bicyclic) bond motifs is 1. The summed E-state index contributed by atoms with van der Waals surface area (Å²) in [5.41, 5.74) is 2.26. The molecular weight excluding hydrogens is 473 g/mol. The molecule has 4 aromatic rings. The standard InChI is InChI=1S/C24H23ClFN7O2/c1-16-2-5-18(6-3-16)30-10-12-31(13-11-30)22-23-29-33(24(35)32(23)9-8-27-22)15-21(34)28-20-7-4-17(25)14-19(20)26/h2-9,14H,10-13,15H2,1H3,(H,28,34). The van der Waals surface area contributed by atoms with Crippen molar-refractivity contribution in [1.82, 2.24) is 19.2 Å². The zero-order valence-electron chi connectivity index (χ0n) is 19.0. The zero-order valence-corrected chi connectivity index (χ0v) is 19.7. The molecule has 0 bridgehead atoms. The van der Waals surface area contributed by atoms with Crippen LogP contribution in [0.25, 0.3) is 5.65 Å². The van der Waals surface area contributed by atoms with E-state index >= 15 is 0 Å². The monoisotopic (exact) mass is 495 g/mol. The van der Waals surface area contributed by atoms with Crippen LogP contribution in [-0.2, 0) is 11.3 Å². The maximum atomic E-state index is 14.0. The molecule has 0 atom stereocenters. The highest BCUT2D eigenvalue weighted by molar-refractivity contribution is 6.30. The van der Waals surface area contributed by atoms with Crippen LogP contribution < -0.4 is 20.8 Å². The third kappa shape index (κ3) is 4.69. The number of benzene rings is 2. The van der Waals surface area contributed by atoms with Crippen LogP contribution in [0.5, 0.6) is 0 Å². The smallest absolute Gasteiger partial charge is 0.350 e. The van der Waals surface area contributed by atoms with Gasteiger partial charge in [-0.25, -0.2) is 23.3 Å². The van der Waals surface area contributed by atoms with Gasteiger partial charge in [0, 0.05) is 49.3 Å². The highest BCUT2D eigenvalue weighted by atomic mass is 35.5. The second-order valence-corrected chi connectivity index (χ2v) is 8.80. The van der Waals surface area contributed by atoms with Gasteiger partial charge < -0.3 is 15.1 Å². The number of anilines is 3. The summed E-state index contributed by atoms with van der Waals surface area (Å²) in [6, 6.07) is 12.4. The van der Waals surface area contributed by atoms with Gasteiger partial charge in [0.15, 0.2) is 5.82 Å². The molecule has 9 nitrogen and oxygen atoms in total. The molecule has 1 aliphatic rings. The number of hydrogen-bond acceptors (Lipinski definition) is 6. The predicted molar refractivity (Wildman–Crippen MR) is 133 cm³/mol. The minimum Gasteiger partial charge on any atom is -0.368 e. The Morgan fingerprint density at radius 1 is 1.09 bits per heavy atom. The molecule has 0 saturated carbocycles. The van der Waals surface area contributed by atoms with Gasteiger partial charge in [-0.3, -0.25) is 4.79 Å². The van der Waals surface area contributed by atoms with Crippen molar-refractivity contribution in [3.63, 3.8) is 0 Å². The van der Waals surface area contributed by atoms with E-state index in [4.69, 9.17) is 11.6 Å². The Hall–Kier alpha value is -3.92. The third-order valence-electron chi connectivity index (χ3n) is 5.96. The van der Waals surface area contributed by atoms with Crippen molar-refractivity contribution in [1.29, 1.82) is 0 Å². The summed E-state index contributed by atoms with van der Waals surface area (Å²) in [6.45, 7) is 4.70. The highest BCUT2D eigenvalue weighted by Gasteiger charge is 2.23. The van der Waals surface area contributed by atoms with Crippen molar-refractivity contribution in [2.45, 2.75) is 13.5 Å². The van der Waals surface area contributed by atoms with Crippen LogP contribution in [0.3, 0.4) is 0 Å². The van der Waals surface area contributed by atoms with Crippen molar-refractivity contribution in [2.75, 3.05) is 41.3 Å². The number of hydrogen-bond donors (Lipinski definition) is 1. The van der Waals surface area contributed by atoms with Gasteiger partial charge in [-0.2, -0.15) is 0 Å². The lowest BCUT2D eigenvalue weighted by Crippen LogP contribution is -2.47. The molecular formula is C24H23ClFN7O2. The summed E-state index contributed by atoms with van der Waals surface area (Å²) in [7, 11) is 0. The summed E-state index contributed by atoms with van der Waals surface area (Å²) >= 11 is 5.75. The van der Waals surface area contributed by atoms with Crippen LogP contribution in [0.4, 0.5) is 21.6 Å². The lowest BCUT2D eigenvalue weighted by atomic mass is 10.2. The Morgan fingerprint density at radius 3 is 2.51 bits per heavy atom. The fraction of sp³-hybridized carbons (Fsp3) is 0.250. The summed E-state index contributed by atoms with van der Waals surface area (Å²) in [5, 5.41) is 7.03. The van der Waals surface area contributed by atoms with Gasteiger partial charge in [0.05, 0.1) is 5.69 Å². The molecule has 1 aliphatic heterocycles. The Bertz CT molecular complexity index is 1440. The molecule has 3 heterocycles. The van der Waals surface area contributed by atoms with Gasteiger partial charge in [0.1, 0.15) is 12.4 Å². The highest BCUT2D eigenvalue weighted by Crippen LogP contribution is 2.22. The maximum absolute atomic E-state index is 14.0. The molecule has 1 fully saturated rings. The Morgan fingerprint density at radius 2 is 1.80 bits per heavy atom. The van der Waals surface area contributed by atoms with Gasteiger partial charge >= 0.3 is 5.69 Å². The summed E-state index contributed by atoms with van der Waals surface area (Å²) in [5.74, 6) is -0.668. The first-order valence-electron chi connectivity index (χ1n) is 11.1. The molecule has 2 aromatic heterocycles. The lowest BCUT2D eigenvalue weighted by molar-refractivity contribution is -0.117. The first kappa shape index (κ1) is 22.9. The fourth-order valence-corrected chi connectivity index (χ4v) is 4.27. The van der Waals surface area contributed by atoms with Crippen molar-refractivity contribution in [3.8, 4) is 0 Å². The number of aryl methyl sites for hydroxylation is 1. The average Bonchev–Trinajstić information content (AvgIpc) is 3.17. The number of piperazine rings is 1. The Labute approximate surface area is 205 Å². The number of halogens is 2. The molecule has 180 valence electrons. The number of rotatable bonds is 5. The summed E-state index contributed by atoms with van der Waals surface area (Å²) in [6.07, 6.45) is 3.06. The SMILES string of the molecule is Cc1ccc(N2CCN(c3nccn4c(=O)n(CC(=O)Nc5ccc(Cl)cc5F)nc34)CC2)cc1. The second-order valence-electron chi connectivity index (χ2n) is 8.37. The van der Waals surface area contributed by atoms with E-state index in [0.717, 1.165) is 23.8 Å². The molecule has 0 unspecified atom stereocenters. The molecule has 1 amide bonds. The van der Waals surface area contributed by atoms with E-state index in [1.807, 2.05) is 0 Å². The number of nitrogens with zero attached hydrogens (tertiary/aromatic N) is 6. The first-order chi connectivity index (χ1) is 16.9. The topological polar surface area (TPSA) is 87.8 Å². The Kier molecular flexibility index (Phi) is 6.12. The minimum atomic E-state index is -0.663.